The summed E-state index contributed by atoms with van der Waals surface area (Å²) in [5, 5.41) is 11.0. The number of nitrogens with zero attached hydrogens (tertiary/aromatic N) is 1. The summed E-state index contributed by atoms with van der Waals surface area (Å²) < 4.78 is 0. The van der Waals surface area contributed by atoms with Gasteiger partial charge in [-0.1, -0.05) is 19.1 Å². The number of hydrogen-bond donors (Lipinski definition) is 2. The molecule has 1 unspecified atom stereocenters. The number of rotatable bonds is 7. The molecule has 1 atom stereocenters. The van der Waals surface area contributed by atoms with Crippen LogP contribution in [0, 0.1) is 0 Å². The van der Waals surface area contributed by atoms with E-state index in [4.69, 9.17) is 4.99 Å². The quantitative estimate of drug-likeness (QED) is 0.375. The predicted octanol–water partition coefficient (Wildman–Crippen LogP) is 4.33. The molecule has 2 aromatic heterocycles. The van der Waals surface area contributed by atoms with Gasteiger partial charge in [-0.3, -0.25) is 4.99 Å². The molecule has 0 aromatic carbocycles. The van der Waals surface area contributed by atoms with Crippen molar-refractivity contribution in [1.82, 2.24) is 10.6 Å². The van der Waals surface area contributed by atoms with Crippen LogP contribution in [0.4, 0.5) is 0 Å². The van der Waals surface area contributed by atoms with Crippen LogP contribution in [0.5, 0.6) is 0 Å². The molecule has 3 nitrogen and oxygen atoms in total. The van der Waals surface area contributed by atoms with Gasteiger partial charge in [0, 0.05) is 28.8 Å². The maximum absolute atomic E-state index is 4.69. The van der Waals surface area contributed by atoms with Gasteiger partial charge < -0.3 is 10.6 Å². The predicted molar refractivity (Wildman–Crippen MR) is 110 cm³/mol. The lowest BCUT2D eigenvalue weighted by atomic mass is 10.1. The molecule has 0 fully saturated rings. The van der Waals surface area contributed by atoms with Crippen molar-refractivity contribution in [1.29, 1.82) is 0 Å². The van der Waals surface area contributed by atoms with Crippen LogP contribution >= 0.6 is 46.7 Å². The number of nitrogens with one attached hydrogen (secondary N) is 2. The Hall–Kier alpha value is -0.600. The highest BCUT2D eigenvalue weighted by Gasteiger charge is 2.06. The first-order valence-corrected chi connectivity index (χ1v) is 9.13. The summed E-state index contributed by atoms with van der Waals surface area (Å²) in [4.78, 5) is 7.50. The minimum Gasteiger partial charge on any atom is -0.357 e. The minimum atomic E-state index is 0. The average Bonchev–Trinajstić information content (AvgIpc) is 3.17. The second-order valence-corrected chi connectivity index (χ2v) is 6.90. The molecule has 2 aromatic rings. The molecule has 0 aliphatic carbocycles. The standard InChI is InChI=1S/C16H23N3S2.HI/c1-3-17-16(18-9-8-14-6-4-10-20-14)19-12-13(2)15-7-5-11-21-15;/h4-7,10-11,13H,3,8-9,12H2,1-2H3,(H2,17,18,19);1H. The lowest BCUT2D eigenvalue weighted by Crippen LogP contribution is -2.38. The Kier molecular flexibility index (Phi) is 9.74. The molecule has 0 saturated heterocycles. The average molecular weight is 449 g/mol. The Bertz CT molecular complexity index is 524. The zero-order valence-electron chi connectivity index (χ0n) is 13.0. The van der Waals surface area contributed by atoms with E-state index in [2.05, 4.69) is 59.5 Å². The molecular formula is C16H24IN3S2. The van der Waals surface area contributed by atoms with Gasteiger partial charge in [0.1, 0.15) is 0 Å². The van der Waals surface area contributed by atoms with Crippen LogP contribution in [0.3, 0.4) is 0 Å². The largest absolute Gasteiger partial charge is 0.357 e. The Balaban J connectivity index is 0.00000242. The van der Waals surface area contributed by atoms with E-state index in [9.17, 15) is 0 Å². The van der Waals surface area contributed by atoms with Gasteiger partial charge in [0.25, 0.3) is 0 Å². The van der Waals surface area contributed by atoms with E-state index in [1.165, 1.54) is 9.75 Å². The van der Waals surface area contributed by atoms with Gasteiger partial charge in [-0.05, 0) is 36.2 Å². The smallest absolute Gasteiger partial charge is 0.191 e. The highest BCUT2D eigenvalue weighted by Crippen LogP contribution is 2.20. The summed E-state index contributed by atoms with van der Waals surface area (Å²) in [6.07, 6.45) is 1.04. The highest BCUT2D eigenvalue weighted by molar-refractivity contribution is 14.0. The molecule has 0 spiro atoms. The number of thiophene rings is 2. The molecule has 0 aliphatic heterocycles. The molecule has 0 aliphatic rings. The van der Waals surface area contributed by atoms with Gasteiger partial charge in [-0.15, -0.1) is 46.7 Å². The van der Waals surface area contributed by atoms with E-state index in [-0.39, 0.29) is 24.0 Å². The number of guanidine groups is 1. The van der Waals surface area contributed by atoms with E-state index >= 15 is 0 Å². The van der Waals surface area contributed by atoms with Crippen molar-refractivity contribution in [2.24, 2.45) is 4.99 Å². The fraction of sp³-hybridized carbons (Fsp3) is 0.438. The molecule has 2 N–H and O–H groups in total. The van der Waals surface area contributed by atoms with Gasteiger partial charge in [-0.25, -0.2) is 0 Å². The van der Waals surface area contributed by atoms with Crippen LogP contribution < -0.4 is 10.6 Å². The maximum Gasteiger partial charge on any atom is 0.191 e. The molecule has 2 rings (SSSR count). The lowest BCUT2D eigenvalue weighted by molar-refractivity contribution is 0.756. The maximum atomic E-state index is 4.69. The Labute approximate surface area is 158 Å². The topological polar surface area (TPSA) is 36.4 Å². The lowest BCUT2D eigenvalue weighted by Gasteiger charge is -2.12. The first-order chi connectivity index (χ1) is 10.3. The summed E-state index contributed by atoms with van der Waals surface area (Å²) in [6.45, 7) is 6.94. The summed E-state index contributed by atoms with van der Waals surface area (Å²) in [6, 6.07) is 8.56. The number of halogens is 1. The van der Waals surface area contributed by atoms with Crippen LogP contribution in [-0.2, 0) is 6.42 Å². The van der Waals surface area contributed by atoms with Crippen molar-refractivity contribution in [3.8, 4) is 0 Å². The Morgan fingerprint density at radius 2 is 1.95 bits per heavy atom. The van der Waals surface area contributed by atoms with E-state index in [0.717, 1.165) is 32.0 Å². The van der Waals surface area contributed by atoms with Gasteiger partial charge in [-0.2, -0.15) is 0 Å². The van der Waals surface area contributed by atoms with Crippen molar-refractivity contribution in [3.05, 3.63) is 44.8 Å². The highest BCUT2D eigenvalue weighted by atomic mass is 127. The molecule has 0 saturated carbocycles. The number of hydrogen-bond acceptors (Lipinski definition) is 3. The van der Waals surface area contributed by atoms with Gasteiger partial charge >= 0.3 is 0 Å². The second kappa shape index (κ2) is 11.0. The van der Waals surface area contributed by atoms with Crippen molar-refractivity contribution in [3.63, 3.8) is 0 Å². The molecular weight excluding hydrogens is 425 g/mol. The molecule has 6 heteroatoms. The first kappa shape index (κ1) is 19.4. The van der Waals surface area contributed by atoms with Crippen LogP contribution in [0.15, 0.2) is 40.0 Å². The Morgan fingerprint density at radius 3 is 2.59 bits per heavy atom. The molecule has 0 amide bonds. The third kappa shape index (κ3) is 6.66. The SMILES string of the molecule is CCNC(=NCC(C)c1cccs1)NCCc1cccs1.I. The molecule has 22 heavy (non-hydrogen) atoms. The fourth-order valence-electron chi connectivity index (χ4n) is 1.99. The molecule has 122 valence electrons. The summed E-state index contributed by atoms with van der Waals surface area (Å²) in [5.74, 6) is 1.38. The van der Waals surface area contributed by atoms with Crippen molar-refractivity contribution < 1.29 is 0 Å². The van der Waals surface area contributed by atoms with Crippen LogP contribution in [-0.4, -0.2) is 25.6 Å². The Morgan fingerprint density at radius 1 is 1.18 bits per heavy atom. The van der Waals surface area contributed by atoms with Crippen molar-refractivity contribution >= 4 is 52.6 Å². The molecule has 0 radical (unpaired) electrons. The van der Waals surface area contributed by atoms with Crippen LogP contribution in [0.1, 0.15) is 29.5 Å². The van der Waals surface area contributed by atoms with E-state index < -0.39 is 0 Å². The number of aliphatic imine (C=N–C) groups is 1. The summed E-state index contributed by atoms with van der Waals surface area (Å²) in [5.41, 5.74) is 0. The third-order valence-corrected chi connectivity index (χ3v) is 5.18. The fourth-order valence-corrected chi connectivity index (χ4v) is 3.48. The van der Waals surface area contributed by atoms with E-state index in [1.54, 1.807) is 22.7 Å². The van der Waals surface area contributed by atoms with Gasteiger partial charge in [0.15, 0.2) is 5.96 Å². The summed E-state index contributed by atoms with van der Waals surface area (Å²) in [7, 11) is 0. The monoisotopic (exact) mass is 449 g/mol. The van der Waals surface area contributed by atoms with E-state index in [0.29, 0.717) is 5.92 Å². The van der Waals surface area contributed by atoms with E-state index in [1.807, 2.05) is 0 Å². The molecule has 2 heterocycles. The van der Waals surface area contributed by atoms with Crippen molar-refractivity contribution in [2.45, 2.75) is 26.2 Å². The molecule has 0 bridgehead atoms. The van der Waals surface area contributed by atoms with Crippen LogP contribution in [0.25, 0.3) is 0 Å². The second-order valence-electron chi connectivity index (χ2n) is 4.89. The van der Waals surface area contributed by atoms with Gasteiger partial charge in [0.2, 0.25) is 0 Å². The normalized spacial score (nSPS) is 12.5. The zero-order valence-corrected chi connectivity index (χ0v) is 17.0. The van der Waals surface area contributed by atoms with Crippen LogP contribution in [0.2, 0.25) is 0 Å². The van der Waals surface area contributed by atoms with Crippen molar-refractivity contribution in [2.75, 3.05) is 19.6 Å². The van der Waals surface area contributed by atoms with Gasteiger partial charge in [0.05, 0.1) is 6.54 Å². The zero-order chi connectivity index (χ0) is 14.9. The summed E-state index contributed by atoms with van der Waals surface area (Å²) >= 11 is 3.61. The third-order valence-electron chi connectivity index (χ3n) is 3.14. The first-order valence-electron chi connectivity index (χ1n) is 7.37. The minimum absolute atomic E-state index is 0.